The van der Waals surface area contributed by atoms with Gasteiger partial charge in [0, 0.05) is 0 Å². The van der Waals surface area contributed by atoms with E-state index < -0.39 is 20.0 Å². The van der Waals surface area contributed by atoms with Crippen molar-refractivity contribution in [3.8, 4) is 22.3 Å². The van der Waals surface area contributed by atoms with Crippen molar-refractivity contribution in [3.05, 3.63) is 129 Å². The topological polar surface area (TPSA) is 0 Å². The molecule has 0 amide bonds. The Bertz CT molecular complexity index is 1650. The summed E-state index contributed by atoms with van der Waals surface area (Å²) in [5.74, 6) is 0. The zero-order valence-corrected chi connectivity index (χ0v) is 32.2. The number of hydrogen-bond acceptors (Lipinski definition) is 0. The summed E-state index contributed by atoms with van der Waals surface area (Å²) in [7, 11) is 0. The molecule has 45 heavy (non-hydrogen) atoms. The fourth-order valence-electron chi connectivity index (χ4n) is 10.0. The van der Waals surface area contributed by atoms with Crippen molar-refractivity contribution in [1.29, 1.82) is 0 Å². The maximum atomic E-state index is 2.62. The Hall–Kier alpha value is -2.19. The number of benzene rings is 4. The second-order valence-corrected chi connectivity index (χ2v) is 30.5. The molecular weight excluding hydrogens is 754 g/mol. The molecule has 0 bridgehead atoms. The van der Waals surface area contributed by atoms with Crippen LogP contribution in [0.25, 0.3) is 34.4 Å². The van der Waals surface area contributed by atoms with Gasteiger partial charge in [0.15, 0.2) is 0 Å². The number of halogens is 2. The zero-order valence-electron chi connectivity index (χ0n) is 27.0. The molecule has 1 aliphatic heterocycles. The first kappa shape index (κ1) is 32.7. The zero-order chi connectivity index (χ0) is 29.3. The first-order chi connectivity index (χ1) is 21.1. The molecule has 1 heterocycles. The van der Waals surface area contributed by atoms with Gasteiger partial charge in [0.1, 0.15) is 0 Å². The molecule has 2 fully saturated rings. The fraction of sp³-hybridized carbons (Fsp3) is 0.333. The SMILES string of the molecule is CCc1ccc(-c2cccc3c2C=C(C)[CH]3[Hf+2]2([CH]3C(C)=Cc4c(-c5ccc(CC)cc5)cccc43)[CH]3CCCC[CH]32)cc1.[Cl-].[Cl-]. The van der Waals surface area contributed by atoms with Gasteiger partial charge in [-0.2, -0.15) is 0 Å². The van der Waals surface area contributed by atoms with Crippen LogP contribution in [0.3, 0.4) is 0 Å². The van der Waals surface area contributed by atoms with Crippen molar-refractivity contribution < 1.29 is 44.8 Å². The minimum absolute atomic E-state index is 0. The smallest absolute Gasteiger partial charge is 1.00 e. The molecule has 0 nitrogen and oxygen atoms in total. The number of allylic oxidation sites excluding steroid dienone is 2. The molecule has 4 unspecified atom stereocenters. The second kappa shape index (κ2) is 12.8. The van der Waals surface area contributed by atoms with Gasteiger partial charge >= 0.3 is 265 Å². The van der Waals surface area contributed by atoms with Crippen LogP contribution in [-0.2, 0) is 32.8 Å². The van der Waals surface area contributed by atoms with E-state index in [4.69, 9.17) is 0 Å². The van der Waals surface area contributed by atoms with Crippen molar-refractivity contribution in [2.75, 3.05) is 0 Å². The van der Waals surface area contributed by atoms with Crippen molar-refractivity contribution >= 4 is 12.2 Å². The quantitative estimate of drug-likeness (QED) is 0.208. The normalized spacial score (nSPS) is 24.2. The molecule has 8 rings (SSSR count). The molecule has 3 heteroatoms. The van der Waals surface area contributed by atoms with Crippen LogP contribution >= 0.6 is 0 Å². The van der Waals surface area contributed by atoms with Gasteiger partial charge in [0.2, 0.25) is 0 Å². The second-order valence-electron chi connectivity index (χ2n) is 13.9. The Kier molecular flexibility index (Phi) is 9.30. The van der Waals surface area contributed by atoms with E-state index in [1.165, 1.54) is 70.2 Å². The van der Waals surface area contributed by atoms with Crippen LogP contribution in [0.1, 0.15) is 94.1 Å². The van der Waals surface area contributed by atoms with Crippen LogP contribution in [0.2, 0.25) is 7.35 Å². The molecule has 0 aromatic heterocycles. The molecule has 0 spiro atoms. The molecule has 4 aromatic rings. The Labute approximate surface area is 287 Å². The standard InChI is InChI=1S/2C18H17.C6H10.2ClH.Hf/c2*1-3-14-7-9-15(10-8-14)17-6-4-5-16-11-13(2)12-18(16)17;1-2-4-6-5-3-1;;;/h2*4-12H,3H2,1-2H3;1-2H,3-6H2;2*1H;/q;;;;;+2/p-2. The first-order valence-electron chi connectivity index (χ1n) is 16.9. The van der Waals surface area contributed by atoms with Gasteiger partial charge in [-0.15, -0.1) is 0 Å². The Morgan fingerprint density at radius 1 is 0.556 bits per heavy atom. The van der Waals surface area contributed by atoms with E-state index in [1.807, 2.05) is 0 Å². The van der Waals surface area contributed by atoms with Crippen LogP contribution in [-0.4, -0.2) is 0 Å². The Morgan fingerprint density at radius 3 is 1.33 bits per heavy atom. The van der Waals surface area contributed by atoms with Crippen LogP contribution in [0.4, 0.5) is 0 Å². The third-order valence-electron chi connectivity index (χ3n) is 11.8. The summed E-state index contributed by atoms with van der Waals surface area (Å²) in [6, 6.07) is 33.3. The first-order valence-corrected chi connectivity index (χ1v) is 25.2. The van der Waals surface area contributed by atoms with E-state index in [1.54, 1.807) is 22.3 Å². The maximum Gasteiger partial charge on any atom is -1.00 e. The van der Waals surface area contributed by atoms with Crippen molar-refractivity contribution in [1.82, 2.24) is 0 Å². The number of hydrogen-bond donors (Lipinski definition) is 0. The molecular formula is C42H44Cl2Hf. The summed E-state index contributed by atoms with van der Waals surface area (Å²) >= 11 is -3.08. The van der Waals surface area contributed by atoms with E-state index in [2.05, 4.69) is 125 Å². The largest absolute Gasteiger partial charge is 1.00 e. The maximum absolute atomic E-state index is 3.08. The summed E-state index contributed by atoms with van der Waals surface area (Å²) in [4.78, 5) is 0. The predicted molar refractivity (Wildman–Crippen MR) is 181 cm³/mol. The molecule has 1 saturated heterocycles. The molecule has 4 aliphatic rings. The summed E-state index contributed by atoms with van der Waals surface area (Å²) < 4.78 is 3.47. The summed E-state index contributed by atoms with van der Waals surface area (Å²) in [5.41, 5.74) is 18.2. The van der Waals surface area contributed by atoms with Crippen LogP contribution in [0.15, 0.2) is 96.1 Å². The summed E-state index contributed by atoms with van der Waals surface area (Å²) in [5, 5.41) is 0. The van der Waals surface area contributed by atoms with Gasteiger partial charge in [-0.1, -0.05) is 0 Å². The van der Waals surface area contributed by atoms with E-state index >= 15 is 0 Å². The number of aryl methyl sites for hydroxylation is 2. The van der Waals surface area contributed by atoms with E-state index in [-0.39, 0.29) is 24.8 Å². The Balaban J connectivity index is 0.00000179. The third-order valence-corrected chi connectivity index (χ3v) is 37.3. The average molecular weight is 798 g/mol. The molecule has 3 aliphatic carbocycles. The van der Waals surface area contributed by atoms with Crippen LogP contribution < -0.4 is 24.8 Å². The van der Waals surface area contributed by atoms with Gasteiger partial charge in [0.25, 0.3) is 0 Å². The van der Waals surface area contributed by atoms with Gasteiger partial charge in [-0.3, -0.25) is 0 Å². The minimum Gasteiger partial charge on any atom is -1.00 e. The monoisotopic (exact) mass is 798 g/mol. The number of rotatable bonds is 6. The van der Waals surface area contributed by atoms with Crippen LogP contribution in [0, 0.1) is 0 Å². The van der Waals surface area contributed by atoms with Crippen molar-refractivity contribution in [2.24, 2.45) is 0 Å². The van der Waals surface area contributed by atoms with E-state index in [0.717, 1.165) is 20.2 Å². The van der Waals surface area contributed by atoms with Crippen LogP contribution in [0.5, 0.6) is 0 Å². The average Bonchev–Trinajstić information content (AvgIpc) is 3.35. The minimum atomic E-state index is -3.08. The molecule has 4 aromatic carbocycles. The van der Waals surface area contributed by atoms with Gasteiger partial charge in [0.05, 0.1) is 0 Å². The summed E-state index contributed by atoms with van der Waals surface area (Å²) in [6.07, 6.45) is 13.3. The third kappa shape index (κ3) is 5.03. The van der Waals surface area contributed by atoms with E-state index in [9.17, 15) is 0 Å². The molecule has 0 radical (unpaired) electrons. The van der Waals surface area contributed by atoms with Gasteiger partial charge in [-0.25, -0.2) is 0 Å². The molecule has 4 atom stereocenters. The predicted octanol–water partition coefficient (Wildman–Crippen LogP) is 6.09. The number of fused-ring (bicyclic) bond motifs is 3. The Morgan fingerprint density at radius 2 is 0.956 bits per heavy atom. The van der Waals surface area contributed by atoms with E-state index in [0.29, 0.717) is 7.35 Å². The van der Waals surface area contributed by atoms with Gasteiger partial charge < -0.3 is 24.8 Å². The molecule has 1 saturated carbocycles. The fourth-order valence-corrected chi connectivity index (χ4v) is 45.5. The van der Waals surface area contributed by atoms with Gasteiger partial charge in [-0.05, 0) is 0 Å². The van der Waals surface area contributed by atoms with Crippen molar-refractivity contribution in [2.45, 2.75) is 80.9 Å². The molecule has 230 valence electrons. The summed E-state index contributed by atoms with van der Waals surface area (Å²) in [6.45, 7) is 9.50. The molecule has 0 N–H and O–H groups in total. The van der Waals surface area contributed by atoms with Crippen molar-refractivity contribution in [3.63, 3.8) is 0 Å².